The fourth-order valence-electron chi connectivity index (χ4n) is 2.25. The number of rotatable bonds is 3. The van der Waals surface area contributed by atoms with E-state index < -0.39 is 11.0 Å². The third-order valence-corrected chi connectivity index (χ3v) is 3.31. The molecule has 8 nitrogen and oxygen atoms in total. The van der Waals surface area contributed by atoms with Gasteiger partial charge < -0.3 is 15.0 Å². The van der Waals surface area contributed by atoms with E-state index in [4.69, 9.17) is 10.00 Å². The van der Waals surface area contributed by atoms with Crippen molar-refractivity contribution in [2.24, 2.45) is 0 Å². The molecule has 0 spiro atoms. The Balaban J connectivity index is 2.38. The van der Waals surface area contributed by atoms with E-state index in [1.807, 2.05) is 6.07 Å². The summed E-state index contributed by atoms with van der Waals surface area (Å²) in [5.41, 5.74) is 0.319. The number of nitriles is 1. The fourth-order valence-corrected chi connectivity index (χ4v) is 2.25. The minimum absolute atomic E-state index is 0.0281. The molecule has 1 heterocycles. The van der Waals surface area contributed by atoms with Crippen LogP contribution >= 0.6 is 0 Å². The second-order valence-corrected chi connectivity index (χ2v) is 4.47. The summed E-state index contributed by atoms with van der Waals surface area (Å²) in [5.74, 6) is -0.202. The minimum atomic E-state index is -0.599. The van der Waals surface area contributed by atoms with Gasteiger partial charge in [-0.25, -0.2) is 0 Å². The number of carbonyl (C=O) groups excluding carboxylic acids is 1. The standard InChI is InChI=1S/C13H14N4O4/c1-15-13(18)12-8-21-5-4-16(12)10-2-3-11(17(19)20)9(6-10)7-14/h2-3,6,12H,4-5,8H2,1H3,(H,15,18). The smallest absolute Gasteiger partial charge is 0.287 e. The Bertz CT molecular complexity index is 611. The summed E-state index contributed by atoms with van der Waals surface area (Å²) in [6, 6.07) is 5.55. The van der Waals surface area contributed by atoms with Gasteiger partial charge in [-0.2, -0.15) is 5.26 Å². The average Bonchev–Trinajstić information content (AvgIpc) is 2.53. The zero-order chi connectivity index (χ0) is 15.4. The number of nitrogens with one attached hydrogen (secondary N) is 1. The Morgan fingerprint density at radius 3 is 3.00 bits per heavy atom. The predicted molar refractivity (Wildman–Crippen MR) is 73.8 cm³/mol. The molecule has 1 amide bonds. The second kappa shape index (κ2) is 6.19. The first-order valence-corrected chi connectivity index (χ1v) is 6.33. The molecular weight excluding hydrogens is 276 g/mol. The molecule has 21 heavy (non-hydrogen) atoms. The first kappa shape index (κ1) is 14.7. The molecule has 0 bridgehead atoms. The molecule has 1 aliphatic rings. The van der Waals surface area contributed by atoms with Crippen LogP contribution in [0.5, 0.6) is 0 Å². The Morgan fingerprint density at radius 1 is 1.62 bits per heavy atom. The molecule has 1 unspecified atom stereocenters. The molecule has 1 aliphatic heterocycles. The quantitative estimate of drug-likeness (QED) is 0.638. The van der Waals surface area contributed by atoms with Crippen molar-refractivity contribution >= 4 is 17.3 Å². The van der Waals surface area contributed by atoms with Gasteiger partial charge in [0, 0.05) is 25.3 Å². The highest BCUT2D eigenvalue weighted by molar-refractivity contribution is 5.85. The summed E-state index contributed by atoms with van der Waals surface area (Å²) in [6.07, 6.45) is 0. The third-order valence-electron chi connectivity index (χ3n) is 3.31. The summed E-state index contributed by atoms with van der Waals surface area (Å²) in [4.78, 5) is 23.9. The van der Waals surface area contributed by atoms with Crippen molar-refractivity contribution in [1.29, 1.82) is 5.26 Å². The Kier molecular flexibility index (Phi) is 4.35. The van der Waals surface area contributed by atoms with Crippen LogP contribution in [-0.4, -0.2) is 43.7 Å². The molecule has 1 aromatic rings. The van der Waals surface area contributed by atoms with E-state index in [0.29, 0.717) is 18.8 Å². The number of nitrogens with zero attached hydrogens (tertiary/aromatic N) is 3. The molecule has 0 radical (unpaired) electrons. The topological polar surface area (TPSA) is 108 Å². The van der Waals surface area contributed by atoms with Crippen LogP contribution in [0.3, 0.4) is 0 Å². The number of hydrogen-bond acceptors (Lipinski definition) is 6. The van der Waals surface area contributed by atoms with Gasteiger partial charge >= 0.3 is 0 Å². The SMILES string of the molecule is CNC(=O)C1COCCN1c1ccc([N+](=O)[O-])c(C#N)c1. The van der Waals surface area contributed by atoms with E-state index in [-0.39, 0.29) is 23.8 Å². The Morgan fingerprint density at radius 2 is 2.38 bits per heavy atom. The lowest BCUT2D eigenvalue weighted by atomic mass is 10.1. The van der Waals surface area contributed by atoms with E-state index in [9.17, 15) is 14.9 Å². The van der Waals surface area contributed by atoms with Crippen molar-refractivity contribution < 1.29 is 14.5 Å². The predicted octanol–water partition coefficient (Wildman–Crippen LogP) is 0.418. The van der Waals surface area contributed by atoms with Crippen LogP contribution in [0.4, 0.5) is 11.4 Å². The lowest BCUT2D eigenvalue weighted by Gasteiger charge is -2.36. The molecule has 1 aromatic carbocycles. The number of ether oxygens (including phenoxy) is 1. The normalized spacial score (nSPS) is 17.9. The van der Waals surface area contributed by atoms with Gasteiger partial charge in [0.15, 0.2) is 0 Å². The highest BCUT2D eigenvalue weighted by Gasteiger charge is 2.30. The molecular formula is C13H14N4O4. The van der Waals surface area contributed by atoms with Gasteiger partial charge in [0.1, 0.15) is 17.7 Å². The lowest BCUT2D eigenvalue weighted by Crippen LogP contribution is -2.53. The van der Waals surface area contributed by atoms with Crippen molar-refractivity contribution in [2.75, 3.05) is 31.7 Å². The first-order chi connectivity index (χ1) is 10.1. The zero-order valence-corrected chi connectivity index (χ0v) is 11.4. The number of carbonyl (C=O) groups is 1. The van der Waals surface area contributed by atoms with Crippen molar-refractivity contribution in [3.8, 4) is 6.07 Å². The maximum absolute atomic E-state index is 11.9. The minimum Gasteiger partial charge on any atom is -0.377 e. The number of likely N-dealkylation sites (N-methyl/N-ethyl adjacent to an activating group) is 1. The van der Waals surface area contributed by atoms with Crippen LogP contribution in [0.2, 0.25) is 0 Å². The van der Waals surface area contributed by atoms with Crippen LogP contribution in [0.25, 0.3) is 0 Å². The second-order valence-electron chi connectivity index (χ2n) is 4.47. The van der Waals surface area contributed by atoms with Gasteiger partial charge in [-0.3, -0.25) is 14.9 Å². The summed E-state index contributed by atoms with van der Waals surface area (Å²) in [7, 11) is 1.53. The van der Waals surface area contributed by atoms with Crippen LogP contribution in [-0.2, 0) is 9.53 Å². The summed E-state index contributed by atoms with van der Waals surface area (Å²) < 4.78 is 5.30. The van der Waals surface area contributed by atoms with Gasteiger partial charge in [-0.05, 0) is 12.1 Å². The molecule has 1 saturated heterocycles. The van der Waals surface area contributed by atoms with Crippen LogP contribution in [0.1, 0.15) is 5.56 Å². The van der Waals surface area contributed by atoms with E-state index >= 15 is 0 Å². The molecule has 8 heteroatoms. The average molecular weight is 290 g/mol. The fraction of sp³-hybridized carbons (Fsp3) is 0.385. The number of nitro groups is 1. The Labute approximate surface area is 121 Å². The summed E-state index contributed by atoms with van der Waals surface area (Å²) in [6.45, 7) is 1.16. The molecule has 0 aromatic heterocycles. The number of anilines is 1. The van der Waals surface area contributed by atoms with Gasteiger partial charge in [0.05, 0.1) is 18.1 Å². The van der Waals surface area contributed by atoms with E-state index in [0.717, 1.165) is 0 Å². The maximum Gasteiger partial charge on any atom is 0.287 e. The zero-order valence-electron chi connectivity index (χ0n) is 11.4. The summed E-state index contributed by atoms with van der Waals surface area (Å²) >= 11 is 0. The van der Waals surface area contributed by atoms with Crippen LogP contribution in [0, 0.1) is 21.4 Å². The van der Waals surface area contributed by atoms with Gasteiger partial charge in [0.25, 0.3) is 5.69 Å². The highest BCUT2D eigenvalue weighted by atomic mass is 16.6. The number of nitro benzene ring substituents is 1. The largest absolute Gasteiger partial charge is 0.377 e. The number of amides is 1. The highest BCUT2D eigenvalue weighted by Crippen LogP contribution is 2.26. The molecule has 2 rings (SSSR count). The molecule has 110 valence electrons. The number of benzene rings is 1. The van der Waals surface area contributed by atoms with Crippen molar-refractivity contribution in [1.82, 2.24) is 5.32 Å². The number of hydrogen-bond donors (Lipinski definition) is 1. The lowest BCUT2D eigenvalue weighted by molar-refractivity contribution is -0.385. The molecule has 1 atom stereocenters. The first-order valence-electron chi connectivity index (χ1n) is 6.33. The van der Waals surface area contributed by atoms with E-state index in [1.165, 1.54) is 19.2 Å². The summed E-state index contributed by atoms with van der Waals surface area (Å²) in [5, 5.41) is 22.4. The van der Waals surface area contributed by atoms with Gasteiger partial charge in [-0.15, -0.1) is 0 Å². The maximum atomic E-state index is 11.9. The third kappa shape index (κ3) is 2.93. The Hall–Kier alpha value is -2.66. The monoisotopic (exact) mass is 290 g/mol. The van der Waals surface area contributed by atoms with Crippen LogP contribution < -0.4 is 10.2 Å². The molecule has 1 fully saturated rings. The van der Waals surface area contributed by atoms with Gasteiger partial charge in [-0.1, -0.05) is 0 Å². The molecule has 0 saturated carbocycles. The molecule has 0 aliphatic carbocycles. The van der Waals surface area contributed by atoms with Gasteiger partial charge in [0.2, 0.25) is 5.91 Å². The van der Waals surface area contributed by atoms with Crippen LogP contribution in [0.15, 0.2) is 18.2 Å². The number of morpholine rings is 1. The van der Waals surface area contributed by atoms with Crippen molar-refractivity contribution in [3.63, 3.8) is 0 Å². The van der Waals surface area contributed by atoms with E-state index in [2.05, 4.69) is 5.32 Å². The van der Waals surface area contributed by atoms with Crippen molar-refractivity contribution in [3.05, 3.63) is 33.9 Å². The molecule has 1 N–H and O–H groups in total. The van der Waals surface area contributed by atoms with E-state index in [1.54, 1.807) is 11.0 Å². The van der Waals surface area contributed by atoms with Crippen molar-refractivity contribution in [2.45, 2.75) is 6.04 Å².